The molecule has 0 aliphatic heterocycles. The predicted molar refractivity (Wildman–Crippen MR) is 128 cm³/mol. The van der Waals surface area contributed by atoms with Crippen LogP contribution in [0.4, 0.5) is 0 Å². The number of fused-ring (bicyclic) bond motifs is 5. The third-order valence-corrected chi connectivity index (χ3v) is 12.1. The van der Waals surface area contributed by atoms with Crippen LogP contribution in [0.3, 0.4) is 0 Å². The fraction of sp³-hybridized carbons (Fsp3) is 0.926. The van der Waals surface area contributed by atoms with E-state index >= 15 is 0 Å². The van der Waals surface area contributed by atoms with Crippen molar-refractivity contribution in [3.05, 3.63) is 11.6 Å². The molecule has 33 heavy (non-hydrogen) atoms. The normalized spacial score (nSPS) is 43.7. The van der Waals surface area contributed by atoms with Gasteiger partial charge in [0.15, 0.2) is 4.93 Å². The second kappa shape index (κ2) is 9.82. The third-order valence-electron chi connectivity index (χ3n) is 10.8. The molecule has 3 fully saturated rings. The van der Waals surface area contributed by atoms with Crippen molar-refractivity contribution < 1.29 is 47.6 Å². The maximum absolute atomic E-state index is 11.7. The molecule has 6 heteroatoms. The van der Waals surface area contributed by atoms with Crippen LogP contribution >= 0.6 is 0 Å². The fourth-order valence-electron chi connectivity index (χ4n) is 8.86. The summed E-state index contributed by atoms with van der Waals surface area (Å²) in [5.74, 6) is 4.36. The minimum atomic E-state index is -4.72. The summed E-state index contributed by atoms with van der Waals surface area (Å²) in [7, 11) is -4.72. The van der Waals surface area contributed by atoms with Gasteiger partial charge >= 0.3 is 29.6 Å². The van der Waals surface area contributed by atoms with E-state index in [0.29, 0.717) is 23.7 Å². The van der Waals surface area contributed by atoms with Crippen molar-refractivity contribution in [3.63, 3.8) is 0 Å². The summed E-state index contributed by atoms with van der Waals surface area (Å²) in [4.78, 5) is -2.11. The molecule has 0 bridgehead atoms. The first-order chi connectivity index (χ1) is 14.8. The van der Waals surface area contributed by atoms with E-state index in [1.54, 1.807) is 0 Å². The molecule has 0 aromatic heterocycles. The molecule has 1 N–H and O–H groups in total. The van der Waals surface area contributed by atoms with Crippen molar-refractivity contribution in [1.29, 1.82) is 0 Å². The van der Waals surface area contributed by atoms with Crippen LogP contribution in [0, 0.1) is 46.3 Å². The van der Waals surface area contributed by atoms with E-state index in [-0.39, 0.29) is 47.8 Å². The molecule has 4 nitrogen and oxygen atoms in total. The molecule has 4 aliphatic rings. The zero-order chi connectivity index (χ0) is 23.5. The summed E-state index contributed by atoms with van der Waals surface area (Å²) >= 11 is 0. The minimum Gasteiger partial charge on any atom is -0.746 e. The number of hydrogen-bond donors (Lipinski definition) is 1. The molecule has 0 aromatic rings. The molecule has 0 radical (unpaired) electrons. The average Bonchev–Trinajstić information content (AvgIpc) is 3.04. The summed E-state index contributed by atoms with van der Waals surface area (Å²) in [6.45, 7) is 12.0. The van der Waals surface area contributed by atoms with Crippen LogP contribution in [0.2, 0.25) is 0 Å². The van der Waals surface area contributed by atoms with E-state index in [4.69, 9.17) is 0 Å². The second-order valence-corrected chi connectivity index (χ2v) is 14.5. The third kappa shape index (κ3) is 4.82. The van der Waals surface area contributed by atoms with Gasteiger partial charge in [0.05, 0.1) is 0 Å². The number of aliphatic hydroxyl groups is 1. The van der Waals surface area contributed by atoms with Crippen LogP contribution in [0.25, 0.3) is 0 Å². The van der Waals surface area contributed by atoms with Gasteiger partial charge in [-0.05, 0) is 91.3 Å². The van der Waals surface area contributed by atoms with Crippen LogP contribution in [0.5, 0.6) is 0 Å². The Morgan fingerprint density at radius 2 is 1.76 bits per heavy atom. The monoisotopic (exact) mass is 488 g/mol. The van der Waals surface area contributed by atoms with Gasteiger partial charge in [-0.3, -0.25) is 0 Å². The van der Waals surface area contributed by atoms with Crippen LogP contribution < -0.4 is 29.6 Å². The minimum absolute atomic E-state index is 0. The Bertz CT molecular complexity index is 854. The standard InChI is InChI=1S/C27H46O4S.Na/c1-18(2)7-6-8-19(3)22-11-12-23-21-10-9-20-17-27(28,32(29,30)31)16-15-25(20,4)24(21)13-14-26(22,23)5;/h9,18-19,21-24,28H,6-8,10-17H2,1-5H3,(H,29,30,31);/q;+1/p-1/t19-,21?,22-,23?,24?,25+,26-,27?;/m1./s1. The molecule has 4 aliphatic carbocycles. The largest absolute Gasteiger partial charge is 1.00 e. The Morgan fingerprint density at radius 3 is 2.39 bits per heavy atom. The zero-order valence-electron chi connectivity index (χ0n) is 21.9. The smallest absolute Gasteiger partial charge is 0.746 e. The molecular formula is C27H45NaO4S. The quantitative estimate of drug-likeness (QED) is 0.354. The first-order valence-corrected chi connectivity index (χ1v) is 14.6. The molecule has 8 atom stereocenters. The number of hydrogen-bond acceptors (Lipinski definition) is 4. The first kappa shape index (κ1) is 28.2. The van der Waals surface area contributed by atoms with Gasteiger partial charge in [0.2, 0.25) is 0 Å². The van der Waals surface area contributed by atoms with Crippen molar-refractivity contribution in [2.45, 2.75) is 110 Å². The number of allylic oxidation sites excluding steroid dienone is 1. The van der Waals surface area contributed by atoms with E-state index in [1.165, 1.54) is 44.9 Å². The van der Waals surface area contributed by atoms with E-state index in [1.807, 2.05) is 0 Å². The molecule has 0 heterocycles. The average molecular weight is 489 g/mol. The van der Waals surface area contributed by atoms with Crippen molar-refractivity contribution in [2.24, 2.45) is 46.3 Å². The Labute approximate surface area is 224 Å². The molecule has 4 rings (SSSR count). The van der Waals surface area contributed by atoms with Gasteiger partial charge in [0.25, 0.3) is 0 Å². The summed E-state index contributed by atoms with van der Waals surface area (Å²) in [5, 5.41) is 10.6. The van der Waals surface area contributed by atoms with Crippen LogP contribution in [-0.4, -0.2) is 23.0 Å². The SMILES string of the molecule is CC(C)CCC[C@@H](C)[C@H]1CCC2C3CC=C4CC(O)(S(=O)(=O)[O-])CC[C@]4(C)C3CC[C@@]21C.[Na+]. The maximum Gasteiger partial charge on any atom is 1.00 e. The van der Waals surface area contributed by atoms with E-state index in [9.17, 15) is 18.1 Å². The molecule has 3 saturated carbocycles. The zero-order valence-corrected chi connectivity index (χ0v) is 24.7. The molecule has 4 unspecified atom stereocenters. The molecule has 184 valence electrons. The maximum atomic E-state index is 11.7. The van der Waals surface area contributed by atoms with E-state index < -0.39 is 15.1 Å². The van der Waals surface area contributed by atoms with Gasteiger partial charge in [-0.2, -0.15) is 0 Å². The van der Waals surface area contributed by atoms with Crippen molar-refractivity contribution in [2.75, 3.05) is 0 Å². The van der Waals surface area contributed by atoms with E-state index in [2.05, 4.69) is 40.7 Å². The summed E-state index contributed by atoms with van der Waals surface area (Å²) in [6, 6.07) is 0. The van der Waals surface area contributed by atoms with Crippen molar-refractivity contribution in [1.82, 2.24) is 0 Å². The Hall–Kier alpha value is 0.610. The van der Waals surface area contributed by atoms with Gasteiger partial charge < -0.3 is 9.66 Å². The molecule has 0 saturated heterocycles. The van der Waals surface area contributed by atoms with Crippen LogP contribution in [0.1, 0.15) is 105 Å². The van der Waals surface area contributed by atoms with Gasteiger partial charge in [0, 0.05) is 6.42 Å². The van der Waals surface area contributed by atoms with Gasteiger partial charge in [-0.25, -0.2) is 8.42 Å². The summed E-state index contributed by atoms with van der Waals surface area (Å²) in [5.41, 5.74) is 1.39. The van der Waals surface area contributed by atoms with Crippen LogP contribution in [-0.2, 0) is 10.1 Å². The van der Waals surface area contributed by atoms with Gasteiger partial charge in [-0.1, -0.05) is 65.5 Å². The summed E-state index contributed by atoms with van der Waals surface area (Å²) in [6.07, 6.45) is 13.1. The first-order valence-electron chi connectivity index (χ1n) is 13.2. The topological polar surface area (TPSA) is 77.4 Å². The van der Waals surface area contributed by atoms with Gasteiger partial charge in [0.1, 0.15) is 10.1 Å². The van der Waals surface area contributed by atoms with E-state index in [0.717, 1.165) is 35.7 Å². The Balaban J connectivity index is 0.00000306. The molecular weight excluding hydrogens is 443 g/mol. The predicted octanol–water partition coefficient (Wildman–Crippen LogP) is 3.27. The Kier molecular flexibility index (Phi) is 8.39. The molecule has 0 amide bonds. The molecule has 0 aromatic carbocycles. The number of rotatable bonds is 6. The molecule has 0 spiro atoms. The summed E-state index contributed by atoms with van der Waals surface area (Å²) < 4.78 is 35.2. The second-order valence-electron chi connectivity index (χ2n) is 12.9. The Morgan fingerprint density at radius 1 is 1.06 bits per heavy atom. The van der Waals surface area contributed by atoms with Gasteiger partial charge in [-0.15, -0.1) is 0 Å². The van der Waals surface area contributed by atoms with Crippen molar-refractivity contribution in [3.8, 4) is 0 Å². The van der Waals surface area contributed by atoms with Crippen molar-refractivity contribution >= 4 is 10.1 Å². The van der Waals surface area contributed by atoms with Crippen LogP contribution in [0.15, 0.2) is 11.6 Å². The fourth-order valence-corrected chi connectivity index (χ4v) is 9.54.